The zero-order chi connectivity index (χ0) is 8.43. The van der Waals surface area contributed by atoms with Crippen LogP contribution in [-0.2, 0) is 9.53 Å². The van der Waals surface area contributed by atoms with Gasteiger partial charge in [-0.1, -0.05) is 12.7 Å². The fraction of sp³-hybridized carbons (Fsp3) is 0.444. The fourth-order valence-corrected chi connectivity index (χ4v) is 1.06. The summed E-state index contributed by atoms with van der Waals surface area (Å²) in [6, 6.07) is 0. The van der Waals surface area contributed by atoms with E-state index in [1.54, 1.807) is 6.08 Å². The Morgan fingerprint density at radius 3 is 2.64 bits per heavy atom. The fourth-order valence-electron chi connectivity index (χ4n) is 1.06. The third-order valence-corrected chi connectivity index (χ3v) is 1.63. The molecule has 2 heteroatoms. The van der Waals surface area contributed by atoms with Crippen LogP contribution in [0.15, 0.2) is 24.0 Å². The van der Waals surface area contributed by atoms with E-state index < -0.39 is 0 Å². The van der Waals surface area contributed by atoms with Gasteiger partial charge in [0.1, 0.15) is 6.10 Å². The summed E-state index contributed by atoms with van der Waals surface area (Å²) in [5.74, 6) is 0.616. The van der Waals surface area contributed by atoms with Crippen molar-refractivity contribution in [2.75, 3.05) is 0 Å². The van der Waals surface area contributed by atoms with Crippen molar-refractivity contribution >= 4 is 5.78 Å². The molecule has 0 unspecified atom stereocenters. The van der Waals surface area contributed by atoms with Crippen molar-refractivity contribution < 1.29 is 9.53 Å². The zero-order valence-electron chi connectivity index (χ0n) is 6.89. The molecule has 0 N–H and O–H groups in total. The van der Waals surface area contributed by atoms with Crippen LogP contribution >= 0.6 is 0 Å². The number of rotatable bonds is 1. The Morgan fingerprint density at radius 1 is 1.73 bits per heavy atom. The zero-order valence-corrected chi connectivity index (χ0v) is 6.89. The molecule has 1 fully saturated rings. The van der Waals surface area contributed by atoms with Gasteiger partial charge in [-0.2, -0.15) is 0 Å². The molecule has 1 aliphatic rings. The van der Waals surface area contributed by atoms with Crippen molar-refractivity contribution in [1.29, 1.82) is 0 Å². The summed E-state index contributed by atoms with van der Waals surface area (Å²) in [7, 11) is 0. The van der Waals surface area contributed by atoms with Crippen LogP contribution in [0.5, 0.6) is 0 Å². The predicted molar refractivity (Wildman–Crippen MR) is 43.1 cm³/mol. The molecule has 0 bridgehead atoms. The summed E-state index contributed by atoms with van der Waals surface area (Å²) in [5.41, 5.74) is 0.944. The summed E-state index contributed by atoms with van der Waals surface area (Å²) in [4.78, 5) is 11.2. The molecule has 0 saturated carbocycles. The van der Waals surface area contributed by atoms with Gasteiger partial charge in [0.15, 0.2) is 5.76 Å². The van der Waals surface area contributed by atoms with Crippen molar-refractivity contribution in [2.45, 2.75) is 26.4 Å². The summed E-state index contributed by atoms with van der Waals surface area (Å²) < 4.78 is 5.30. The molecule has 1 saturated heterocycles. The van der Waals surface area contributed by atoms with E-state index in [4.69, 9.17) is 4.74 Å². The lowest BCUT2D eigenvalue weighted by Crippen LogP contribution is -1.97. The van der Waals surface area contributed by atoms with Crippen LogP contribution in [0.3, 0.4) is 0 Å². The van der Waals surface area contributed by atoms with Crippen LogP contribution in [-0.4, -0.2) is 11.9 Å². The molecule has 0 aromatic heterocycles. The molecule has 0 aromatic carbocycles. The second-order valence-corrected chi connectivity index (χ2v) is 2.85. The number of carbonyl (C=O) groups is 1. The first-order valence-corrected chi connectivity index (χ1v) is 3.65. The first kappa shape index (κ1) is 8.05. The van der Waals surface area contributed by atoms with Gasteiger partial charge in [-0.05, 0) is 19.4 Å². The SMILES string of the molecule is C=C[C@H]1CC(=O)C(=C(C)C)O1. The van der Waals surface area contributed by atoms with E-state index in [1.165, 1.54) is 0 Å². The average molecular weight is 152 g/mol. The van der Waals surface area contributed by atoms with Crippen molar-refractivity contribution in [3.63, 3.8) is 0 Å². The smallest absolute Gasteiger partial charge is 0.201 e. The molecule has 1 aliphatic heterocycles. The normalized spacial score (nSPS) is 23.3. The van der Waals surface area contributed by atoms with E-state index >= 15 is 0 Å². The van der Waals surface area contributed by atoms with Crippen LogP contribution in [0.25, 0.3) is 0 Å². The third kappa shape index (κ3) is 1.50. The maximum Gasteiger partial charge on any atom is 0.201 e. The molecule has 0 aromatic rings. The maximum absolute atomic E-state index is 11.2. The molecule has 0 amide bonds. The van der Waals surface area contributed by atoms with Gasteiger partial charge in [-0.25, -0.2) is 0 Å². The first-order chi connectivity index (χ1) is 5.15. The van der Waals surface area contributed by atoms with Gasteiger partial charge in [-0.15, -0.1) is 0 Å². The lowest BCUT2D eigenvalue weighted by atomic mass is 10.2. The van der Waals surface area contributed by atoms with Crippen LogP contribution in [0.2, 0.25) is 0 Å². The molecule has 1 atom stereocenters. The van der Waals surface area contributed by atoms with Crippen LogP contribution in [0.4, 0.5) is 0 Å². The van der Waals surface area contributed by atoms with Gasteiger partial charge in [0.25, 0.3) is 0 Å². The molecular weight excluding hydrogens is 140 g/mol. The van der Waals surface area contributed by atoms with Gasteiger partial charge in [0, 0.05) is 0 Å². The number of hydrogen-bond donors (Lipinski definition) is 0. The molecule has 2 nitrogen and oxygen atoms in total. The molecular formula is C9H12O2. The highest BCUT2D eigenvalue weighted by atomic mass is 16.5. The third-order valence-electron chi connectivity index (χ3n) is 1.63. The Labute approximate surface area is 66.5 Å². The largest absolute Gasteiger partial charge is 0.482 e. The summed E-state index contributed by atoms with van der Waals surface area (Å²) in [5, 5.41) is 0. The van der Waals surface area contributed by atoms with Crippen LogP contribution in [0.1, 0.15) is 20.3 Å². The van der Waals surface area contributed by atoms with E-state index in [-0.39, 0.29) is 11.9 Å². The van der Waals surface area contributed by atoms with Crippen molar-refractivity contribution in [1.82, 2.24) is 0 Å². The number of ether oxygens (including phenoxy) is 1. The highest BCUT2D eigenvalue weighted by molar-refractivity contribution is 5.96. The van der Waals surface area contributed by atoms with Crippen molar-refractivity contribution in [3.05, 3.63) is 24.0 Å². The highest BCUT2D eigenvalue weighted by Gasteiger charge is 2.27. The quantitative estimate of drug-likeness (QED) is 0.423. The Bertz CT molecular complexity index is 222. The number of allylic oxidation sites excluding steroid dienone is 2. The second kappa shape index (κ2) is 2.91. The first-order valence-electron chi connectivity index (χ1n) is 3.65. The van der Waals surface area contributed by atoms with Gasteiger partial charge >= 0.3 is 0 Å². The monoisotopic (exact) mass is 152 g/mol. The van der Waals surface area contributed by atoms with Gasteiger partial charge in [0.2, 0.25) is 5.78 Å². The van der Waals surface area contributed by atoms with E-state index in [0.29, 0.717) is 12.2 Å². The van der Waals surface area contributed by atoms with E-state index in [1.807, 2.05) is 13.8 Å². The van der Waals surface area contributed by atoms with Crippen LogP contribution in [0, 0.1) is 0 Å². The minimum Gasteiger partial charge on any atom is -0.482 e. The molecule has 0 aliphatic carbocycles. The number of carbonyl (C=O) groups excluding carboxylic acids is 1. The minimum atomic E-state index is -0.104. The van der Waals surface area contributed by atoms with Crippen molar-refractivity contribution in [2.24, 2.45) is 0 Å². The summed E-state index contributed by atoms with van der Waals surface area (Å²) >= 11 is 0. The van der Waals surface area contributed by atoms with E-state index in [2.05, 4.69) is 6.58 Å². The molecule has 1 rings (SSSR count). The highest BCUT2D eigenvalue weighted by Crippen LogP contribution is 2.22. The van der Waals surface area contributed by atoms with Gasteiger partial charge < -0.3 is 4.74 Å². The van der Waals surface area contributed by atoms with Gasteiger partial charge in [-0.3, -0.25) is 4.79 Å². The Hall–Kier alpha value is -1.05. The summed E-state index contributed by atoms with van der Waals surface area (Å²) in [6.07, 6.45) is 2.00. The molecule has 0 radical (unpaired) electrons. The maximum atomic E-state index is 11.2. The van der Waals surface area contributed by atoms with Gasteiger partial charge in [0.05, 0.1) is 6.42 Å². The Morgan fingerprint density at radius 2 is 2.36 bits per heavy atom. The lowest BCUT2D eigenvalue weighted by Gasteiger charge is -2.03. The number of ketones is 1. The Kier molecular flexibility index (Phi) is 2.13. The topological polar surface area (TPSA) is 26.3 Å². The molecule has 1 heterocycles. The van der Waals surface area contributed by atoms with E-state index in [0.717, 1.165) is 5.57 Å². The number of Topliss-reactive ketones (excluding diaryl/α,β-unsaturated/α-hetero) is 1. The molecule has 11 heavy (non-hydrogen) atoms. The average Bonchev–Trinajstić information content (AvgIpc) is 2.30. The summed E-state index contributed by atoms with van der Waals surface area (Å²) in [6.45, 7) is 7.32. The van der Waals surface area contributed by atoms with E-state index in [9.17, 15) is 4.79 Å². The molecule has 60 valence electrons. The van der Waals surface area contributed by atoms with Crippen molar-refractivity contribution in [3.8, 4) is 0 Å². The Balaban J connectivity index is 2.82. The second-order valence-electron chi connectivity index (χ2n) is 2.85. The minimum absolute atomic E-state index is 0.0925. The number of hydrogen-bond acceptors (Lipinski definition) is 2. The van der Waals surface area contributed by atoms with Crippen LogP contribution < -0.4 is 0 Å². The predicted octanol–water partition coefficient (Wildman–Crippen LogP) is 1.82. The molecule has 0 spiro atoms. The lowest BCUT2D eigenvalue weighted by molar-refractivity contribution is -0.115. The standard InChI is InChI=1S/C9H12O2/c1-4-7-5-8(10)9(11-7)6(2)3/h4,7H,1,5H2,2-3H3/t7-/m0/s1.